The molecule has 2 N–H and O–H groups in total. The van der Waals surface area contributed by atoms with E-state index in [-0.39, 0.29) is 28.9 Å². The molecule has 0 saturated carbocycles. The Bertz CT molecular complexity index is 1520. The van der Waals surface area contributed by atoms with Crippen molar-refractivity contribution in [3.05, 3.63) is 75.9 Å². The van der Waals surface area contributed by atoms with E-state index in [1.165, 1.54) is 6.07 Å². The monoisotopic (exact) mass is 458 g/mol. The van der Waals surface area contributed by atoms with E-state index in [4.69, 9.17) is 18.6 Å². The van der Waals surface area contributed by atoms with E-state index >= 15 is 0 Å². The number of phenols is 2. The van der Waals surface area contributed by atoms with Gasteiger partial charge in [-0.05, 0) is 17.7 Å². The zero-order valence-electron chi connectivity index (χ0n) is 17.7. The molecule has 0 radical (unpaired) electrons. The molecule has 0 bridgehead atoms. The lowest BCUT2D eigenvalue weighted by atomic mass is 9.84. The van der Waals surface area contributed by atoms with Crippen molar-refractivity contribution in [1.82, 2.24) is 0 Å². The average molecular weight is 458 g/mol. The van der Waals surface area contributed by atoms with Crippen LogP contribution in [-0.4, -0.2) is 29.4 Å². The second kappa shape index (κ2) is 7.55. The smallest absolute Gasteiger partial charge is 0.312 e. The van der Waals surface area contributed by atoms with E-state index in [1.807, 2.05) is 18.2 Å². The van der Waals surface area contributed by atoms with Crippen LogP contribution in [-0.2, 0) is 4.79 Å². The maximum Gasteiger partial charge on any atom is 0.312 e. The zero-order valence-corrected chi connectivity index (χ0v) is 17.7. The number of rotatable bonds is 2. The fourth-order valence-electron chi connectivity index (χ4n) is 4.51. The molecule has 1 atom stereocenters. The Morgan fingerprint density at radius 3 is 2.41 bits per heavy atom. The largest absolute Gasteiger partial charge is 0.504 e. The van der Waals surface area contributed by atoms with E-state index in [0.717, 1.165) is 0 Å². The summed E-state index contributed by atoms with van der Waals surface area (Å²) in [4.78, 5) is 25.5. The van der Waals surface area contributed by atoms with Crippen molar-refractivity contribution in [2.24, 2.45) is 0 Å². The maximum atomic E-state index is 13.1. The number of benzene rings is 3. The number of phenolic OH excluding ortho intramolecular Hbond substituents is 2. The summed E-state index contributed by atoms with van der Waals surface area (Å²) in [5.41, 5.74) is 1.15. The first kappa shape index (κ1) is 20.2. The van der Waals surface area contributed by atoms with Crippen molar-refractivity contribution in [3.63, 3.8) is 0 Å². The van der Waals surface area contributed by atoms with Crippen molar-refractivity contribution in [2.75, 3.05) is 13.2 Å². The second-order valence-electron chi connectivity index (χ2n) is 8.12. The van der Waals surface area contributed by atoms with Crippen LogP contribution in [0.4, 0.5) is 0 Å². The van der Waals surface area contributed by atoms with Gasteiger partial charge in [-0.3, -0.25) is 9.59 Å². The van der Waals surface area contributed by atoms with Gasteiger partial charge in [-0.15, -0.1) is 0 Å². The van der Waals surface area contributed by atoms with Gasteiger partial charge in [0, 0.05) is 17.5 Å². The van der Waals surface area contributed by atoms with Crippen molar-refractivity contribution in [3.8, 4) is 40.1 Å². The molecule has 3 aromatic carbocycles. The number of hydrogen-bond donors (Lipinski definition) is 2. The highest BCUT2D eigenvalue weighted by Gasteiger charge is 2.37. The lowest BCUT2D eigenvalue weighted by molar-refractivity contribution is -0.135. The van der Waals surface area contributed by atoms with Crippen LogP contribution in [0.15, 0.2) is 63.8 Å². The number of hydrogen-bond acceptors (Lipinski definition) is 8. The van der Waals surface area contributed by atoms with E-state index in [0.29, 0.717) is 41.4 Å². The molecule has 8 heteroatoms. The molecule has 0 amide bonds. The molecule has 170 valence electrons. The third-order valence-electron chi connectivity index (χ3n) is 6.08. The van der Waals surface area contributed by atoms with E-state index in [9.17, 15) is 19.8 Å². The minimum atomic E-state index is -0.697. The van der Waals surface area contributed by atoms with Crippen molar-refractivity contribution < 1.29 is 33.6 Å². The van der Waals surface area contributed by atoms with Crippen molar-refractivity contribution in [1.29, 1.82) is 0 Å². The molecule has 0 fully saturated rings. The summed E-state index contributed by atoms with van der Waals surface area (Å²) in [5, 5.41) is 21.1. The first-order chi connectivity index (χ1) is 16.5. The molecule has 0 unspecified atom stereocenters. The summed E-state index contributed by atoms with van der Waals surface area (Å²) in [5.74, 6) is -1.43. The van der Waals surface area contributed by atoms with Crippen molar-refractivity contribution in [2.45, 2.75) is 12.3 Å². The molecule has 0 spiro atoms. The average Bonchev–Trinajstić information content (AvgIpc) is 2.86. The molecular weight excluding hydrogens is 440 g/mol. The third-order valence-corrected chi connectivity index (χ3v) is 6.08. The van der Waals surface area contributed by atoms with Crippen LogP contribution in [0, 0.1) is 0 Å². The second-order valence-corrected chi connectivity index (χ2v) is 8.12. The first-order valence-corrected chi connectivity index (χ1v) is 10.7. The summed E-state index contributed by atoms with van der Waals surface area (Å²) in [6.07, 6.45) is -0.0643. The van der Waals surface area contributed by atoms with Gasteiger partial charge in [0.1, 0.15) is 29.9 Å². The molecule has 8 nitrogen and oxygen atoms in total. The van der Waals surface area contributed by atoms with Crippen LogP contribution in [0.3, 0.4) is 0 Å². The fraction of sp³-hybridized carbons (Fsp3) is 0.154. The van der Waals surface area contributed by atoms with E-state index < -0.39 is 28.8 Å². The van der Waals surface area contributed by atoms with Gasteiger partial charge >= 0.3 is 5.97 Å². The zero-order chi connectivity index (χ0) is 23.4. The van der Waals surface area contributed by atoms with Crippen LogP contribution in [0.25, 0.3) is 22.3 Å². The number of fused-ring (bicyclic) bond motifs is 4. The van der Waals surface area contributed by atoms with E-state index in [2.05, 4.69) is 0 Å². The van der Waals surface area contributed by atoms with Gasteiger partial charge < -0.3 is 28.8 Å². The topological polar surface area (TPSA) is 115 Å². The number of aromatic hydroxyl groups is 2. The SMILES string of the molecule is O=C1C[C@H](c2ccc3c(c2)OCCO3)c2c(c(O)c(O)c3c(=O)cc(-c4ccccc4)oc23)O1. The number of carbonyl (C=O) groups excluding carboxylic acids is 1. The molecule has 1 aromatic heterocycles. The highest BCUT2D eigenvalue weighted by atomic mass is 16.6. The summed E-state index contributed by atoms with van der Waals surface area (Å²) >= 11 is 0. The molecule has 34 heavy (non-hydrogen) atoms. The summed E-state index contributed by atoms with van der Waals surface area (Å²) in [6.45, 7) is 0.836. The fourth-order valence-corrected chi connectivity index (χ4v) is 4.51. The molecular formula is C26H18O8. The summed E-state index contributed by atoms with van der Waals surface area (Å²) < 4.78 is 22.8. The lowest BCUT2D eigenvalue weighted by Crippen LogP contribution is -2.22. The van der Waals surface area contributed by atoms with Crippen molar-refractivity contribution >= 4 is 16.9 Å². The van der Waals surface area contributed by atoms with Crippen LogP contribution in [0.2, 0.25) is 0 Å². The molecule has 3 heterocycles. The quantitative estimate of drug-likeness (QED) is 0.262. The highest BCUT2D eigenvalue weighted by Crippen LogP contribution is 2.52. The predicted octanol–water partition coefficient (Wildman–Crippen LogP) is 4.08. The first-order valence-electron chi connectivity index (χ1n) is 10.7. The lowest BCUT2D eigenvalue weighted by Gasteiger charge is -2.27. The van der Waals surface area contributed by atoms with Gasteiger partial charge in [0.25, 0.3) is 0 Å². The Balaban J connectivity index is 1.65. The van der Waals surface area contributed by atoms with Gasteiger partial charge in [0.2, 0.25) is 5.75 Å². The Labute approximate surface area is 192 Å². The standard InChI is InChI=1S/C26H18O8/c27-16-12-18(13-4-2-1-3-5-13)33-25-21-15(14-6-7-17-19(10-14)32-9-8-31-17)11-20(28)34-26(21)24(30)23(29)22(16)25/h1-7,10,12,15,29-30H,8-9,11H2/t15-/m1/s1. The Kier molecular flexibility index (Phi) is 4.48. The molecule has 4 aromatic rings. The number of carbonyl (C=O) groups is 1. The maximum absolute atomic E-state index is 13.1. The van der Waals surface area contributed by atoms with Crippen LogP contribution >= 0.6 is 0 Å². The van der Waals surface area contributed by atoms with Gasteiger partial charge in [0.15, 0.2) is 28.4 Å². The van der Waals surface area contributed by atoms with Gasteiger partial charge in [-0.25, -0.2) is 0 Å². The third kappa shape index (κ3) is 3.07. The minimum Gasteiger partial charge on any atom is -0.504 e. The summed E-state index contributed by atoms with van der Waals surface area (Å²) in [7, 11) is 0. The Morgan fingerprint density at radius 2 is 1.62 bits per heavy atom. The Morgan fingerprint density at radius 1 is 0.853 bits per heavy atom. The number of esters is 1. The van der Waals surface area contributed by atoms with Crippen LogP contribution in [0.5, 0.6) is 28.7 Å². The molecule has 2 aliphatic heterocycles. The van der Waals surface area contributed by atoms with Gasteiger partial charge in [0.05, 0.1) is 12.0 Å². The van der Waals surface area contributed by atoms with E-state index in [1.54, 1.807) is 30.3 Å². The predicted molar refractivity (Wildman–Crippen MR) is 121 cm³/mol. The van der Waals surface area contributed by atoms with Crippen LogP contribution in [0.1, 0.15) is 23.5 Å². The number of ether oxygens (including phenoxy) is 3. The molecule has 0 saturated heterocycles. The molecule has 0 aliphatic carbocycles. The summed E-state index contributed by atoms with van der Waals surface area (Å²) in [6, 6.07) is 15.6. The molecule has 6 rings (SSSR count). The minimum absolute atomic E-state index is 0.0454. The molecule has 2 aliphatic rings. The Hall–Kier alpha value is -4.46. The van der Waals surface area contributed by atoms with Gasteiger partial charge in [-0.2, -0.15) is 0 Å². The normalized spacial score (nSPS) is 16.7. The van der Waals surface area contributed by atoms with Gasteiger partial charge in [-0.1, -0.05) is 36.4 Å². The highest BCUT2D eigenvalue weighted by molar-refractivity contribution is 5.96. The van der Waals surface area contributed by atoms with Crippen LogP contribution < -0.4 is 19.6 Å².